The fourth-order valence-electron chi connectivity index (χ4n) is 2.96. The Labute approximate surface area is 117 Å². The molecule has 4 heteroatoms. The first kappa shape index (κ1) is 16.4. The van der Waals surface area contributed by atoms with Crippen LogP contribution in [-0.2, 0) is 9.53 Å². The third kappa shape index (κ3) is 5.91. The molecule has 0 bridgehead atoms. The molecule has 112 valence electrons. The highest BCUT2D eigenvalue weighted by atomic mass is 16.5. The maximum Gasteiger partial charge on any atom is 0.222 e. The van der Waals surface area contributed by atoms with Crippen LogP contribution in [0.2, 0.25) is 0 Å². The first-order valence-corrected chi connectivity index (χ1v) is 7.45. The average Bonchev–Trinajstić information content (AvgIpc) is 2.39. The van der Waals surface area contributed by atoms with Gasteiger partial charge < -0.3 is 14.7 Å². The Morgan fingerprint density at radius 3 is 2.58 bits per heavy atom. The van der Waals surface area contributed by atoms with Gasteiger partial charge in [0, 0.05) is 27.1 Å². The molecule has 0 saturated heterocycles. The molecular formula is C15H29NO3. The number of carbonyl (C=O) groups excluding carboxylic acids is 1. The fraction of sp³-hybridized carbons (Fsp3) is 0.933. The van der Waals surface area contributed by atoms with E-state index in [9.17, 15) is 9.90 Å². The predicted octanol–water partition coefficient (Wildman–Crippen LogP) is 2.06. The molecule has 1 rings (SSSR count). The highest BCUT2D eigenvalue weighted by Gasteiger charge is 2.24. The lowest BCUT2D eigenvalue weighted by atomic mass is 9.79. The largest absolute Gasteiger partial charge is 0.389 e. The normalized spacial score (nSPS) is 20.0. The van der Waals surface area contributed by atoms with Crippen LogP contribution in [0.5, 0.6) is 0 Å². The molecule has 1 N–H and O–H groups in total. The summed E-state index contributed by atoms with van der Waals surface area (Å²) in [7, 11) is 3.31. The third-order valence-corrected chi connectivity index (χ3v) is 4.22. The number of ether oxygens (including phenoxy) is 1. The van der Waals surface area contributed by atoms with Crippen molar-refractivity contribution in [2.45, 2.75) is 51.6 Å². The average molecular weight is 271 g/mol. The molecule has 4 nitrogen and oxygen atoms in total. The molecule has 2 unspecified atom stereocenters. The van der Waals surface area contributed by atoms with Crippen molar-refractivity contribution in [1.82, 2.24) is 4.90 Å². The highest BCUT2D eigenvalue weighted by molar-refractivity contribution is 5.76. The van der Waals surface area contributed by atoms with Crippen LogP contribution in [0.15, 0.2) is 0 Å². The molecule has 0 aromatic rings. The summed E-state index contributed by atoms with van der Waals surface area (Å²) in [5.41, 5.74) is 0. The van der Waals surface area contributed by atoms with Gasteiger partial charge in [-0.1, -0.05) is 39.0 Å². The van der Waals surface area contributed by atoms with Gasteiger partial charge in [0.05, 0.1) is 12.7 Å². The Bertz CT molecular complexity index is 264. The molecule has 1 saturated carbocycles. The zero-order valence-electron chi connectivity index (χ0n) is 12.6. The number of amides is 1. The van der Waals surface area contributed by atoms with Crippen molar-refractivity contribution >= 4 is 5.91 Å². The minimum absolute atomic E-state index is 0.133. The number of likely N-dealkylation sites (N-methyl/N-ethyl adjacent to an activating group) is 1. The topological polar surface area (TPSA) is 49.8 Å². The quantitative estimate of drug-likeness (QED) is 0.771. The second kappa shape index (κ2) is 8.54. The number of carbonyl (C=O) groups is 1. The summed E-state index contributed by atoms with van der Waals surface area (Å²) >= 11 is 0. The summed E-state index contributed by atoms with van der Waals surface area (Å²) in [6.45, 7) is 2.81. The molecule has 1 amide bonds. The third-order valence-electron chi connectivity index (χ3n) is 4.22. The Morgan fingerprint density at radius 2 is 2.00 bits per heavy atom. The molecule has 0 heterocycles. The van der Waals surface area contributed by atoms with Crippen LogP contribution in [0.1, 0.15) is 45.4 Å². The molecule has 1 fully saturated rings. The summed E-state index contributed by atoms with van der Waals surface area (Å²) in [5, 5.41) is 9.63. The van der Waals surface area contributed by atoms with E-state index in [4.69, 9.17) is 4.74 Å². The molecule has 1 aliphatic carbocycles. The van der Waals surface area contributed by atoms with Gasteiger partial charge in [-0.3, -0.25) is 4.79 Å². The van der Waals surface area contributed by atoms with Crippen LogP contribution in [0, 0.1) is 11.8 Å². The zero-order valence-corrected chi connectivity index (χ0v) is 12.6. The Balaban J connectivity index is 2.31. The summed E-state index contributed by atoms with van der Waals surface area (Å²) in [4.78, 5) is 13.7. The van der Waals surface area contributed by atoms with Crippen molar-refractivity contribution in [2.24, 2.45) is 11.8 Å². The SMILES string of the molecule is COCC(O)CN(C)C(=O)CC(C)C1CCCCC1. The number of aliphatic hydroxyl groups excluding tert-OH is 1. The molecule has 1 aliphatic rings. The van der Waals surface area contributed by atoms with Crippen LogP contribution in [0.4, 0.5) is 0 Å². The van der Waals surface area contributed by atoms with Gasteiger partial charge in [-0.2, -0.15) is 0 Å². The van der Waals surface area contributed by atoms with Crippen molar-refractivity contribution in [3.05, 3.63) is 0 Å². The molecule has 0 aromatic carbocycles. The van der Waals surface area contributed by atoms with Crippen LogP contribution in [-0.4, -0.2) is 49.3 Å². The number of hydrogen-bond acceptors (Lipinski definition) is 3. The zero-order chi connectivity index (χ0) is 14.3. The Kier molecular flexibility index (Phi) is 7.39. The van der Waals surface area contributed by atoms with E-state index in [0.717, 1.165) is 0 Å². The van der Waals surface area contributed by atoms with E-state index in [2.05, 4.69) is 6.92 Å². The van der Waals surface area contributed by atoms with E-state index in [1.807, 2.05) is 0 Å². The number of methoxy groups -OCH3 is 1. The lowest BCUT2D eigenvalue weighted by Crippen LogP contribution is -2.37. The van der Waals surface area contributed by atoms with Gasteiger partial charge in [0.15, 0.2) is 0 Å². The van der Waals surface area contributed by atoms with Crippen LogP contribution >= 0.6 is 0 Å². The monoisotopic (exact) mass is 271 g/mol. The van der Waals surface area contributed by atoms with E-state index in [1.54, 1.807) is 19.1 Å². The van der Waals surface area contributed by atoms with Gasteiger partial charge in [-0.25, -0.2) is 0 Å². The molecule has 19 heavy (non-hydrogen) atoms. The molecule has 2 atom stereocenters. The molecule has 0 spiro atoms. The van der Waals surface area contributed by atoms with Crippen LogP contribution in [0.3, 0.4) is 0 Å². The van der Waals surface area contributed by atoms with Crippen molar-refractivity contribution in [1.29, 1.82) is 0 Å². The number of rotatable bonds is 7. The van der Waals surface area contributed by atoms with Gasteiger partial charge >= 0.3 is 0 Å². The second-order valence-electron chi connectivity index (χ2n) is 5.96. The van der Waals surface area contributed by atoms with Gasteiger partial charge in [0.2, 0.25) is 5.91 Å². The lowest BCUT2D eigenvalue weighted by molar-refractivity contribution is -0.133. The highest BCUT2D eigenvalue weighted by Crippen LogP contribution is 2.31. The van der Waals surface area contributed by atoms with E-state index >= 15 is 0 Å². The number of hydrogen-bond donors (Lipinski definition) is 1. The number of aliphatic hydroxyl groups is 1. The smallest absolute Gasteiger partial charge is 0.222 e. The van der Waals surface area contributed by atoms with Crippen molar-refractivity contribution in [3.63, 3.8) is 0 Å². The van der Waals surface area contributed by atoms with Gasteiger partial charge in [-0.15, -0.1) is 0 Å². The van der Waals surface area contributed by atoms with E-state index in [1.165, 1.54) is 32.1 Å². The first-order valence-electron chi connectivity index (χ1n) is 7.45. The summed E-state index contributed by atoms with van der Waals surface area (Å²) < 4.78 is 4.87. The molecule has 0 radical (unpaired) electrons. The van der Waals surface area contributed by atoms with Crippen molar-refractivity contribution in [3.8, 4) is 0 Å². The predicted molar refractivity (Wildman–Crippen MR) is 75.9 cm³/mol. The Hall–Kier alpha value is -0.610. The first-order chi connectivity index (χ1) is 9.04. The summed E-state index contributed by atoms with van der Waals surface area (Å²) in [5.74, 6) is 1.29. The van der Waals surface area contributed by atoms with Crippen LogP contribution in [0.25, 0.3) is 0 Å². The second-order valence-corrected chi connectivity index (χ2v) is 5.96. The maximum atomic E-state index is 12.1. The fourth-order valence-corrected chi connectivity index (χ4v) is 2.96. The van der Waals surface area contributed by atoms with E-state index in [0.29, 0.717) is 24.8 Å². The summed E-state index contributed by atoms with van der Waals surface area (Å²) in [6.07, 6.45) is 6.51. The minimum Gasteiger partial charge on any atom is -0.389 e. The number of nitrogens with zero attached hydrogens (tertiary/aromatic N) is 1. The molecule has 0 aliphatic heterocycles. The summed E-state index contributed by atoms with van der Waals surface area (Å²) in [6, 6.07) is 0. The standard InChI is InChI=1S/C15H29NO3/c1-12(13-7-5-4-6-8-13)9-15(18)16(2)10-14(17)11-19-3/h12-14,17H,4-11H2,1-3H3. The van der Waals surface area contributed by atoms with Crippen molar-refractivity contribution in [2.75, 3.05) is 27.3 Å². The maximum absolute atomic E-state index is 12.1. The molecule has 0 aromatic heterocycles. The van der Waals surface area contributed by atoms with Crippen LogP contribution < -0.4 is 0 Å². The molecular weight excluding hydrogens is 242 g/mol. The van der Waals surface area contributed by atoms with Gasteiger partial charge in [0.25, 0.3) is 0 Å². The Morgan fingerprint density at radius 1 is 1.37 bits per heavy atom. The van der Waals surface area contributed by atoms with E-state index < -0.39 is 6.10 Å². The van der Waals surface area contributed by atoms with Crippen molar-refractivity contribution < 1.29 is 14.6 Å². The van der Waals surface area contributed by atoms with Gasteiger partial charge in [0.1, 0.15) is 0 Å². The minimum atomic E-state index is -0.594. The van der Waals surface area contributed by atoms with E-state index in [-0.39, 0.29) is 12.5 Å². The lowest BCUT2D eigenvalue weighted by Gasteiger charge is -2.29. The van der Waals surface area contributed by atoms with Gasteiger partial charge in [-0.05, 0) is 11.8 Å².